The third-order valence-electron chi connectivity index (χ3n) is 5.36. The van der Waals surface area contributed by atoms with Crippen molar-refractivity contribution in [3.8, 4) is 0 Å². The molecule has 0 aromatic heterocycles. The van der Waals surface area contributed by atoms with E-state index in [-0.39, 0.29) is 24.8 Å². The van der Waals surface area contributed by atoms with Gasteiger partial charge in [-0.05, 0) is 41.3 Å². The monoisotopic (exact) mass is 482 g/mol. The first kappa shape index (κ1) is 24.8. The van der Waals surface area contributed by atoms with Crippen molar-refractivity contribution in [1.82, 2.24) is 10.2 Å². The molecule has 6 heteroatoms. The van der Waals surface area contributed by atoms with Gasteiger partial charge in [0.1, 0.15) is 6.04 Å². The van der Waals surface area contributed by atoms with Crippen LogP contribution in [-0.4, -0.2) is 29.3 Å². The van der Waals surface area contributed by atoms with Gasteiger partial charge in [0.15, 0.2) is 0 Å². The van der Waals surface area contributed by atoms with Gasteiger partial charge in [-0.3, -0.25) is 9.59 Å². The summed E-state index contributed by atoms with van der Waals surface area (Å²) in [6.45, 7) is 2.81. The zero-order valence-electron chi connectivity index (χ0n) is 18.6. The Balaban J connectivity index is 1.96. The van der Waals surface area contributed by atoms with Crippen molar-refractivity contribution >= 4 is 35.0 Å². The van der Waals surface area contributed by atoms with Gasteiger partial charge in [0.2, 0.25) is 11.8 Å². The number of hydrogen-bond acceptors (Lipinski definition) is 2. The molecule has 172 valence electrons. The SMILES string of the molecule is CCCNC(=O)C(Cc1ccccc1)N(Cc1cccc(Cl)c1)C(=O)Cc1ccccc1Cl. The Hall–Kier alpha value is -2.82. The van der Waals surface area contributed by atoms with E-state index in [4.69, 9.17) is 23.2 Å². The summed E-state index contributed by atoms with van der Waals surface area (Å²) in [5.41, 5.74) is 2.57. The van der Waals surface area contributed by atoms with E-state index in [2.05, 4.69) is 5.32 Å². The lowest BCUT2D eigenvalue weighted by Gasteiger charge is -2.32. The summed E-state index contributed by atoms with van der Waals surface area (Å²) in [6.07, 6.45) is 1.32. The van der Waals surface area contributed by atoms with Crippen LogP contribution < -0.4 is 5.32 Å². The predicted molar refractivity (Wildman–Crippen MR) is 134 cm³/mol. The van der Waals surface area contributed by atoms with E-state index in [1.54, 1.807) is 17.0 Å². The standard InChI is InChI=1S/C27H28Cl2N2O2/c1-2-15-30-27(33)25(17-20-9-4-3-5-10-20)31(19-21-11-8-13-23(28)16-21)26(32)18-22-12-6-7-14-24(22)29/h3-14,16,25H,2,15,17-19H2,1H3,(H,30,33). The number of rotatable bonds is 10. The van der Waals surface area contributed by atoms with Crippen molar-refractivity contribution in [3.63, 3.8) is 0 Å². The molecule has 0 saturated heterocycles. The summed E-state index contributed by atoms with van der Waals surface area (Å²) in [7, 11) is 0. The fraction of sp³-hybridized carbons (Fsp3) is 0.259. The topological polar surface area (TPSA) is 49.4 Å². The van der Waals surface area contributed by atoms with Crippen molar-refractivity contribution in [2.45, 2.75) is 38.8 Å². The zero-order chi connectivity index (χ0) is 23.6. The zero-order valence-corrected chi connectivity index (χ0v) is 20.1. The number of benzene rings is 3. The number of carbonyl (C=O) groups is 2. The smallest absolute Gasteiger partial charge is 0.243 e. The second-order valence-corrected chi connectivity index (χ2v) is 8.76. The van der Waals surface area contributed by atoms with E-state index in [0.717, 1.165) is 23.1 Å². The van der Waals surface area contributed by atoms with Gasteiger partial charge in [-0.25, -0.2) is 0 Å². The maximum Gasteiger partial charge on any atom is 0.243 e. The minimum atomic E-state index is -0.673. The number of nitrogens with zero attached hydrogens (tertiary/aromatic N) is 1. The lowest BCUT2D eigenvalue weighted by Crippen LogP contribution is -2.51. The largest absolute Gasteiger partial charge is 0.354 e. The molecule has 0 saturated carbocycles. The number of amides is 2. The molecule has 0 aliphatic carbocycles. The first-order chi connectivity index (χ1) is 16.0. The highest BCUT2D eigenvalue weighted by atomic mass is 35.5. The molecule has 1 unspecified atom stereocenters. The van der Waals surface area contributed by atoms with Crippen LogP contribution in [0.2, 0.25) is 10.0 Å². The molecule has 0 fully saturated rings. The van der Waals surface area contributed by atoms with E-state index in [0.29, 0.717) is 23.0 Å². The first-order valence-corrected chi connectivity index (χ1v) is 11.8. The number of halogens is 2. The van der Waals surface area contributed by atoms with Gasteiger partial charge in [-0.15, -0.1) is 0 Å². The van der Waals surface area contributed by atoms with Crippen molar-refractivity contribution < 1.29 is 9.59 Å². The van der Waals surface area contributed by atoms with E-state index in [1.807, 2.05) is 73.7 Å². The van der Waals surface area contributed by atoms with Gasteiger partial charge in [-0.1, -0.05) is 90.8 Å². The highest BCUT2D eigenvalue weighted by Gasteiger charge is 2.30. The Bertz CT molecular complexity index is 1070. The number of hydrogen-bond donors (Lipinski definition) is 1. The lowest BCUT2D eigenvalue weighted by molar-refractivity contribution is -0.140. The van der Waals surface area contributed by atoms with Gasteiger partial charge in [0.25, 0.3) is 0 Å². The number of carbonyl (C=O) groups excluding carboxylic acids is 2. The van der Waals surface area contributed by atoms with E-state index in [1.165, 1.54) is 0 Å². The minimum Gasteiger partial charge on any atom is -0.354 e. The van der Waals surface area contributed by atoms with Crippen molar-refractivity contribution in [1.29, 1.82) is 0 Å². The van der Waals surface area contributed by atoms with Gasteiger partial charge in [0, 0.05) is 29.6 Å². The molecule has 0 spiro atoms. The van der Waals surface area contributed by atoms with Crippen LogP contribution in [0, 0.1) is 0 Å². The summed E-state index contributed by atoms with van der Waals surface area (Å²) in [6, 6.07) is 23.7. The molecule has 3 aromatic rings. The summed E-state index contributed by atoms with van der Waals surface area (Å²) in [4.78, 5) is 28.5. The molecular weight excluding hydrogens is 455 g/mol. The Morgan fingerprint density at radius 1 is 0.909 bits per heavy atom. The summed E-state index contributed by atoms with van der Waals surface area (Å²) < 4.78 is 0. The van der Waals surface area contributed by atoms with Crippen LogP contribution in [0.1, 0.15) is 30.0 Å². The fourth-order valence-corrected chi connectivity index (χ4v) is 4.07. The maximum atomic E-state index is 13.6. The van der Waals surface area contributed by atoms with Crippen LogP contribution >= 0.6 is 23.2 Å². The quantitative estimate of drug-likeness (QED) is 0.402. The highest BCUT2D eigenvalue weighted by molar-refractivity contribution is 6.31. The van der Waals surface area contributed by atoms with Crippen molar-refractivity contribution in [2.24, 2.45) is 0 Å². The Morgan fingerprint density at radius 3 is 2.30 bits per heavy atom. The third-order valence-corrected chi connectivity index (χ3v) is 5.97. The van der Waals surface area contributed by atoms with Gasteiger partial charge in [-0.2, -0.15) is 0 Å². The van der Waals surface area contributed by atoms with Crippen LogP contribution in [-0.2, 0) is 29.0 Å². The molecule has 3 aromatic carbocycles. The van der Waals surface area contributed by atoms with Crippen molar-refractivity contribution in [2.75, 3.05) is 6.54 Å². The molecule has 4 nitrogen and oxygen atoms in total. The van der Waals surface area contributed by atoms with Gasteiger partial charge in [0.05, 0.1) is 6.42 Å². The average Bonchev–Trinajstić information content (AvgIpc) is 2.82. The third kappa shape index (κ3) is 7.34. The first-order valence-electron chi connectivity index (χ1n) is 11.1. The van der Waals surface area contributed by atoms with Gasteiger partial charge < -0.3 is 10.2 Å². The fourth-order valence-electron chi connectivity index (χ4n) is 3.66. The summed E-state index contributed by atoms with van der Waals surface area (Å²) in [5, 5.41) is 4.09. The highest BCUT2D eigenvalue weighted by Crippen LogP contribution is 2.21. The molecule has 0 aliphatic heterocycles. The molecule has 3 rings (SSSR count). The van der Waals surface area contributed by atoms with Gasteiger partial charge >= 0.3 is 0 Å². The Labute approximate surface area is 205 Å². The van der Waals surface area contributed by atoms with Crippen molar-refractivity contribution in [3.05, 3.63) is 106 Å². The second-order valence-electron chi connectivity index (χ2n) is 7.92. The molecule has 0 heterocycles. The predicted octanol–water partition coefficient (Wildman–Crippen LogP) is 5.70. The molecule has 0 bridgehead atoms. The molecular formula is C27H28Cl2N2O2. The molecule has 33 heavy (non-hydrogen) atoms. The maximum absolute atomic E-state index is 13.6. The van der Waals surface area contributed by atoms with Crippen LogP contribution in [0.5, 0.6) is 0 Å². The summed E-state index contributed by atoms with van der Waals surface area (Å²) >= 11 is 12.5. The van der Waals surface area contributed by atoms with E-state index in [9.17, 15) is 9.59 Å². The molecule has 1 N–H and O–H groups in total. The summed E-state index contributed by atoms with van der Waals surface area (Å²) in [5.74, 6) is -0.342. The Morgan fingerprint density at radius 2 is 1.61 bits per heavy atom. The minimum absolute atomic E-state index is 0.104. The average molecular weight is 483 g/mol. The molecule has 2 amide bonds. The molecule has 0 aliphatic rings. The second kappa shape index (κ2) is 12.4. The van der Waals surface area contributed by atoms with Crippen LogP contribution in [0.15, 0.2) is 78.9 Å². The normalized spacial score (nSPS) is 11.6. The molecule has 0 radical (unpaired) electrons. The van der Waals surface area contributed by atoms with E-state index >= 15 is 0 Å². The lowest BCUT2D eigenvalue weighted by atomic mass is 10.0. The van der Waals surface area contributed by atoms with Crippen LogP contribution in [0.25, 0.3) is 0 Å². The van der Waals surface area contributed by atoms with Crippen LogP contribution in [0.3, 0.4) is 0 Å². The molecule has 1 atom stereocenters. The number of nitrogens with one attached hydrogen (secondary N) is 1. The van der Waals surface area contributed by atoms with Crippen LogP contribution in [0.4, 0.5) is 0 Å². The Kier molecular flexibility index (Phi) is 9.35. The van der Waals surface area contributed by atoms with E-state index < -0.39 is 6.04 Å².